The molecule has 2 heteroatoms. The van der Waals surface area contributed by atoms with Crippen LogP contribution in [-0.2, 0) is 5.41 Å². The fraction of sp³-hybridized carbons (Fsp3) is 0.0980. The molecule has 0 aliphatic heterocycles. The molecule has 0 saturated heterocycles. The molecule has 53 heavy (non-hydrogen) atoms. The largest absolute Gasteiger partial charge is 0.455 e. The van der Waals surface area contributed by atoms with Crippen molar-refractivity contribution in [2.45, 2.75) is 32.1 Å². The molecule has 0 radical (unpaired) electrons. The molecule has 7 aromatic carbocycles. The van der Waals surface area contributed by atoms with E-state index in [9.17, 15) is 0 Å². The zero-order chi connectivity index (χ0) is 35.5. The van der Waals surface area contributed by atoms with E-state index in [2.05, 4.69) is 195 Å². The summed E-state index contributed by atoms with van der Waals surface area (Å²) in [6.07, 6.45) is 6.86. The molecule has 1 heterocycles. The predicted molar refractivity (Wildman–Crippen MR) is 223 cm³/mol. The van der Waals surface area contributed by atoms with Crippen molar-refractivity contribution in [3.05, 3.63) is 193 Å². The molecular weight excluding hydrogens is 643 g/mol. The molecule has 2 nitrogen and oxygen atoms in total. The van der Waals surface area contributed by atoms with E-state index < -0.39 is 0 Å². The third kappa shape index (κ3) is 5.17. The van der Waals surface area contributed by atoms with Crippen LogP contribution in [0.15, 0.2) is 186 Å². The third-order valence-electron chi connectivity index (χ3n) is 11.4. The van der Waals surface area contributed by atoms with Crippen LogP contribution in [0.4, 0.5) is 17.1 Å². The molecule has 254 valence electrons. The highest BCUT2D eigenvalue weighted by Crippen LogP contribution is 2.54. The predicted octanol–water partition coefficient (Wildman–Crippen LogP) is 14.5. The van der Waals surface area contributed by atoms with E-state index in [4.69, 9.17) is 4.42 Å². The highest BCUT2D eigenvalue weighted by atomic mass is 16.3. The average molecular weight is 682 g/mol. The molecule has 10 rings (SSSR count). The summed E-state index contributed by atoms with van der Waals surface area (Å²) in [5.41, 5.74) is 18.0. The highest BCUT2D eigenvalue weighted by molar-refractivity contribution is 6.15. The molecule has 0 atom stereocenters. The second kappa shape index (κ2) is 12.4. The number of hydrogen-bond donors (Lipinski definition) is 0. The van der Waals surface area contributed by atoms with E-state index in [1.54, 1.807) is 0 Å². The molecule has 0 saturated carbocycles. The minimum atomic E-state index is -0.0115. The number of allylic oxidation sites excluding steroid dienone is 4. The Balaban J connectivity index is 1.06. The van der Waals surface area contributed by atoms with Gasteiger partial charge in [-0.15, -0.1) is 0 Å². The topological polar surface area (TPSA) is 16.4 Å². The van der Waals surface area contributed by atoms with E-state index in [0.29, 0.717) is 0 Å². The maximum Gasteiger partial charge on any atom is 0.143 e. The van der Waals surface area contributed by atoms with Gasteiger partial charge in [-0.25, -0.2) is 0 Å². The van der Waals surface area contributed by atoms with E-state index in [-0.39, 0.29) is 5.41 Å². The minimum absolute atomic E-state index is 0.0115. The van der Waals surface area contributed by atoms with Crippen molar-refractivity contribution >= 4 is 44.6 Å². The Labute approximate surface area is 311 Å². The Morgan fingerprint density at radius 1 is 0.528 bits per heavy atom. The standard InChI is InChI=1S/C51H39NO/c1-51(2)45-19-10-9-16-43(45)48-46(51)32-33-47-49(48)44-18-11-17-42(50(44)53-47)38-24-30-41(31-25-38)52(39-26-20-36(21-27-39)34-12-5-3-6-13-34)40-28-22-37(23-29-40)35-14-7-4-8-15-35/h3-8,10-15,17-33H,9,16H2,1-2H3. The number of nitrogens with zero attached hydrogens (tertiary/aromatic N) is 1. The first-order valence-electron chi connectivity index (χ1n) is 18.7. The van der Waals surface area contributed by atoms with Crippen molar-refractivity contribution < 1.29 is 4.42 Å². The van der Waals surface area contributed by atoms with Crippen LogP contribution in [0.1, 0.15) is 37.8 Å². The Hall–Kier alpha value is -6.38. The zero-order valence-corrected chi connectivity index (χ0v) is 30.0. The van der Waals surface area contributed by atoms with Crippen molar-refractivity contribution in [3.63, 3.8) is 0 Å². The molecule has 0 unspecified atom stereocenters. The lowest BCUT2D eigenvalue weighted by Gasteiger charge is -2.26. The lowest BCUT2D eigenvalue weighted by molar-refractivity contribution is 0.649. The monoisotopic (exact) mass is 681 g/mol. The van der Waals surface area contributed by atoms with Crippen molar-refractivity contribution in [2.75, 3.05) is 4.90 Å². The first kappa shape index (κ1) is 31.4. The van der Waals surface area contributed by atoms with Gasteiger partial charge >= 0.3 is 0 Å². The third-order valence-corrected chi connectivity index (χ3v) is 11.4. The van der Waals surface area contributed by atoms with Crippen LogP contribution >= 0.6 is 0 Å². The number of hydrogen-bond acceptors (Lipinski definition) is 2. The number of fused-ring (bicyclic) bond motifs is 6. The molecule has 0 amide bonds. The van der Waals surface area contributed by atoms with Gasteiger partial charge in [0.05, 0.1) is 0 Å². The Morgan fingerprint density at radius 3 is 1.66 bits per heavy atom. The van der Waals surface area contributed by atoms with Crippen LogP contribution in [0.2, 0.25) is 0 Å². The zero-order valence-electron chi connectivity index (χ0n) is 30.0. The van der Waals surface area contributed by atoms with Crippen LogP contribution in [0, 0.1) is 0 Å². The van der Waals surface area contributed by atoms with Gasteiger partial charge in [0.1, 0.15) is 11.2 Å². The Kier molecular flexibility index (Phi) is 7.33. The molecule has 8 aromatic rings. The van der Waals surface area contributed by atoms with Crippen LogP contribution < -0.4 is 4.90 Å². The molecule has 0 fully saturated rings. The number of para-hydroxylation sites is 1. The second-order valence-corrected chi connectivity index (χ2v) is 14.8. The van der Waals surface area contributed by atoms with Gasteiger partial charge in [0.25, 0.3) is 0 Å². The van der Waals surface area contributed by atoms with Gasteiger partial charge in [0, 0.05) is 38.8 Å². The summed E-state index contributed by atoms with van der Waals surface area (Å²) in [6.45, 7) is 4.73. The van der Waals surface area contributed by atoms with Crippen molar-refractivity contribution in [2.24, 2.45) is 0 Å². The maximum absolute atomic E-state index is 6.77. The lowest BCUT2D eigenvalue weighted by Crippen LogP contribution is -2.16. The van der Waals surface area contributed by atoms with E-state index in [1.165, 1.54) is 55.3 Å². The molecule has 1 aromatic heterocycles. The quantitative estimate of drug-likeness (QED) is 0.174. The molecule has 0 spiro atoms. The smallest absolute Gasteiger partial charge is 0.143 e. The van der Waals surface area contributed by atoms with Gasteiger partial charge < -0.3 is 9.32 Å². The SMILES string of the molecule is CC1(C)C2=C(CCC=C2)c2c1ccc1oc3c(-c4ccc(N(c5ccc(-c6ccccc6)cc5)c5ccc(-c6ccccc6)cc5)cc4)cccc3c21. The lowest BCUT2D eigenvalue weighted by atomic mass is 9.80. The van der Waals surface area contributed by atoms with Crippen LogP contribution in [0.5, 0.6) is 0 Å². The van der Waals surface area contributed by atoms with Crippen LogP contribution in [0.3, 0.4) is 0 Å². The van der Waals surface area contributed by atoms with Gasteiger partial charge in [-0.1, -0.05) is 147 Å². The molecule has 0 bridgehead atoms. The van der Waals surface area contributed by atoms with Gasteiger partial charge in [-0.2, -0.15) is 0 Å². The minimum Gasteiger partial charge on any atom is -0.455 e. The molecular formula is C51H39NO. The van der Waals surface area contributed by atoms with Crippen molar-refractivity contribution in [1.29, 1.82) is 0 Å². The van der Waals surface area contributed by atoms with E-state index >= 15 is 0 Å². The van der Waals surface area contributed by atoms with Crippen molar-refractivity contribution in [1.82, 2.24) is 0 Å². The Bertz CT molecular complexity index is 2610. The normalized spacial score (nSPS) is 14.5. The summed E-state index contributed by atoms with van der Waals surface area (Å²) in [5.74, 6) is 0. The number of benzene rings is 7. The molecule has 2 aliphatic rings. The summed E-state index contributed by atoms with van der Waals surface area (Å²) in [4.78, 5) is 2.34. The van der Waals surface area contributed by atoms with Crippen LogP contribution in [0.25, 0.3) is 60.9 Å². The molecule has 2 aliphatic carbocycles. The molecule has 0 N–H and O–H groups in total. The van der Waals surface area contributed by atoms with Crippen LogP contribution in [-0.4, -0.2) is 0 Å². The first-order chi connectivity index (χ1) is 26.0. The summed E-state index contributed by atoms with van der Waals surface area (Å²) in [5, 5.41) is 2.45. The van der Waals surface area contributed by atoms with Gasteiger partial charge in [-0.05, 0) is 105 Å². The highest BCUT2D eigenvalue weighted by Gasteiger charge is 2.39. The Morgan fingerprint density at radius 2 is 1.08 bits per heavy atom. The summed E-state index contributed by atoms with van der Waals surface area (Å²) in [6, 6.07) is 58.9. The fourth-order valence-electron chi connectivity index (χ4n) is 8.71. The summed E-state index contributed by atoms with van der Waals surface area (Å²) in [7, 11) is 0. The fourth-order valence-corrected chi connectivity index (χ4v) is 8.71. The van der Waals surface area contributed by atoms with E-state index in [1.807, 2.05) is 0 Å². The number of rotatable bonds is 6. The van der Waals surface area contributed by atoms with Gasteiger partial charge in [0.15, 0.2) is 0 Å². The van der Waals surface area contributed by atoms with Gasteiger partial charge in [0.2, 0.25) is 0 Å². The number of anilines is 3. The average Bonchev–Trinajstić information content (AvgIpc) is 3.72. The second-order valence-electron chi connectivity index (χ2n) is 14.8. The van der Waals surface area contributed by atoms with Crippen molar-refractivity contribution in [3.8, 4) is 33.4 Å². The van der Waals surface area contributed by atoms with E-state index in [0.717, 1.165) is 52.2 Å². The summed E-state index contributed by atoms with van der Waals surface area (Å²) < 4.78 is 6.77. The van der Waals surface area contributed by atoms with Gasteiger partial charge in [-0.3, -0.25) is 0 Å². The number of furan rings is 1. The summed E-state index contributed by atoms with van der Waals surface area (Å²) >= 11 is 0. The first-order valence-corrected chi connectivity index (χ1v) is 18.7. The maximum atomic E-state index is 6.77.